The maximum Gasteiger partial charge on any atom is 0.350 e. The molecule has 0 radical (unpaired) electrons. The van der Waals surface area contributed by atoms with Crippen molar-refractivity contribution in [2.75, 3.05) is 11.9 Å². The fourth-order valence-electron chi connectivity index (χ4n) is 1.81. The second-order valence-corrected chi connectivity index (χ2v) is 5.89. The number of hydrogen-bond donors (Lipinski definition) is 1. The van der Waals surface area contributed by atoms with Crippen molar-refractivity contribution >= 4 is 29.2 Å². The summed E-state index contributed by atoms with van der Waals surface area (Å²) in [5.74, 6) is -1.43. The number of benzene rings is 1. The van der Waals surface area contributed by atoms with Crippen molar-refractivity contribution in [2.45, 2.75) is 19.4 Å². The Hall–Kier alpha value is -2.67. The molecule has 1 aromatic carbocycles. The molecule has 0 atom stereocenters. The van der Waals surface area contributed by atoms with Gasteiger partial charge in [0.15, 0.2) is 17.4 Å². The molecule has 0 unspecified atom stereocenters. The predicted octanol–water partition coefficient (Wildman–Crippen LogP) is 3.21. The highest BCUT2D eigenvalue weighted by Crippen LogP contribution is 2.20. The third-order valence-corrected chi connectivity index (χ3v) is 3.35. The van der Waals surface area contributed by atoms with Crippen LogP contribution in [0.25, 0.3) is 0 Å². The van der Waals surface area contributed by atoms with Crippen molar-refractivity contribution in [2.24, 2.45) is 0 Å². The Balaban J connectivity index is 1.88. The lowest BCUT2D eigenvalue weighted by molar-refractivity contribution is -0.161. The summed E-state index contributed by atoms with van der Waals surface area (Å²) in [6.45, 7) is 2.45. The number of halogens is 2. The van der Waals surface area contributed by atoms with Crippen LogP contribution >= 0.6 is 11.6 Å². The maximum atomic E-state index is 12.9. The van der Waals surface area contributed by atoms with E-state index in [2.05, 4.69) is 10.3 Å². The summed E-state index contributed by atoms with van der Waals surface area (Å²) >= 11 is 5.82. The second-order valence-electron chi connectivity index (χ2n) is 5.53. The van der Waals surface area contributed by atoms with Gasteiger partial charge in [-0.3, -0.25) is 4.79 Å². The smallest absolute Gasteiger partial charge is 0.350 e. The Bertz CT molecular complexity index is 765. The predicted molar refractivity (Wildman–Crippen MR) is 89.9 cm³/mol. The third kappa shape index (κ3) is 5.42. The zero-order chi connectivity index (χ0) is 18.4. The molecular weight excluding hydrogens is 351 g/mol. The molecule has 1 amide bonds. The van der Waals surface area contributed by atoms with Crippen molar-refractivity contribution in [3.8, 4) is 5.75 Å². The Labute approximate surface area is 148 Å². The molecule has 0 aliphatic carbocycles. The van der Waals surface area contributed by atoms with Gasteiger partial charge < -0.3 is 14.8 Å². The largest absolute Gasteiger partial charge is 0.476 e. The number of pyridine rings is 1. The number of anilines is 1. The van der Waals surface area contributed by atoms with E-state index in [4.69, 9.17) is 21.1 Å². The maximum absolute atomic E-state index is 12.9. The molecule has 0 bridgehead atoms. The fraction of sp³-hybridized carbons (Fsp3) is 0.235. The van der Waals surface area contributed by atoms with Gasteiger partial charge >= 0.3 is 5.97 Å². The standard InChI is InChI=1S/C17H16ClFN2O4/c1-17(2,25-12-7-5-11(19)6-8-12)16(23)24-10-14(22)21-13-4-3-9-20-15(13)18/h3-9H,10H2,1-2H3,(H,21,22). The van der Waals surface area contributed by atoms with Crippen LogP contribution in [0.3, 0.4) is 0 Å². The molecule has 0 aliphatic heterocycles. The molecule has 2 aromatic rings. The summed E-state index contributed by atoms with van der Waals surface area (Å²) in [5.41, 5.74) is -1.05. The summed E-state index contributed by atoms with van der Waals surface area (Å²) in [4.78, 5) is 27.8. The molecule has 0 saturated carbocycles. The van der Waals surface area contributed by atoms with Crippen molar-refractivity contribution in [3.63, 3.8) is 0 Å². The number of amides is 1. The minimum atomic E-state index is -1.36. The van der Waals surface area contributed by atoms with E-state index in [0.717, 1.165) is 0 Å². The summed E-state index contributed by atoms with van der Waals surface area (Å²) in [6, 6.07) is 8.37. The SMILES string of the molecule is CC(C)(Oc1ccc(F)cc1)C(=O)OCC(=O)Nc1cccnc1Cl. The molecule has 1 N–H and O–H groups in total. The molecular formula is C17H16ClFN2O4. The molecule has 0 aliphatic rings. The number of carbonyl (C=O) groups excluding carboxylic acids is 2. The van der Waals surface area contributed by atoms with Crippen LogP contribution < -0.4 is 10.1 Å². The molecule has 132 valence electrons. The van der Waals surface area contributed by atoms with Crippen LogP contribution in [-0.2, 0) is 14.3 Å². The number of nitrogens with one attached hydrogen (secondary N) is 1. The van der Waals surface area contributed by atoms with Gasteiger partial charge in [0.05, 0.1) is 5.69 Å². The minimum Gasteiger partial charge on any atom is -0.476 e. The van der Waals surface area contributed by atoms with E-state index in [1.807, 2.05) is 0 Å². The van der Waals surface area contributed by atoms with Crippen molar-refractivity contribution in [3.05, 3.63) is 53.6 Å². The van der Waals surface area contributed by atoms with Crippen molar-refractivity contribution in [1.29, 1.82) is 0 Å². The Kier molecular flexibility index (Phi) is 5.93. The fourth-order valence-corrected chi connectivity index (χ4v) is 1.98. The van der Waals surface area contributed by atoms with Gasteiger partial charge in [-0.15, -0.1) is 0 Å². The Morgan fingerprint density at radius 3 is 2.56 bits per heavy atom. The number of rotatable bonds is 6. The number of esters is 1. The van der Waals surface area contributed by atoms with Gasteiger partial charge in [0, 0.05) is 6.20 Å². The van der Waals surface area contributed by atoms with Crippen LogP contribution in [0.5, 0.6) is 5.75 Å². The number of ether oxygens (including phenoxy) is 2. The Morgan fingerprint density at radius 2 is 1.92 bits per heavy atom. The summed E-state index contributed by atoms with van der Waals surface area (Å²) in [6.07, 6.45) is 1.48. The van der Waals surface area contributed by atoms with Crippen LogP contribution in [0, 0.1) is 5.82 Å². The lowest BCUT2D eigenvalue weighted by Gasteiger charge is -2.24. The minimum absolute atomic E-state index is 0.127. The Morgan fingerprint density at radius 1 is 1.24 bits per heavy atom. The van der Waals surface area contributed by atoms with Crippen LogP contribution in [0.2, 0.25) is 5.15 Å². The van der Waals surface area contributed by atoms with Crippen LogP contribution in [0.15, 0.2) is 42.6 Å². The topological polar surface area (TPSA) is 77.5 Å². The van der Waals surface area contributed by atoms with Gasteiger partial charge in [0.1, 0.15) is 11.6 Å². The molecule has 0 saturated heterocycles. The van der Waals surface area contributed by atoms with Crippen molar-refractivity contribution in [1.82, 2.24) is 4.98 Å². The lowest BCUT2D eigenvalue weighted by Crippen LogP contribution is -2.41. The molecule has 2 rings (SSSR count). The van der Waals surface area contributed by atoms with E-state index >= 15 is 0 Å². The first-order chi connectivity index (χ1) is 11.8. The molecule has 0 spiro atoms. The highest BCUT2D eigenvalue weighted by molar-refractivity contribution is 6.32. The first kappa shape index (κ1) is 18.7. The van der Waals surface area contributed by atoms with E-state index in [-0.39, 0.29) is 5.15 Å². The lowest BCUT2D eigenvalue weighted by atomic mass is 10.1. The molecule has 1 aromatic heterocycles. The van der Waals surface area contributed by atoms with Gasteiger partial charge in [-0.1, -0.05) is 11.6 Å². The average molecular weight is 367 g/mol. The van der Waals surface area contributed by atoms with E-state index < -0.39 is 29.9 Å². The van der Waals surface area contributed by atoms with E-state index in [1.165, 1.54) is 44.3 Å². The van der Waals surface area contributed by atoms with E-state index in [9.17, 15) is 14.0 Å². The van der Waals surface area contributed by atoms with Gasteiger partial charge in [-0.25, -0.2) is 14.2 Å². The summed E-state index contributed by atoms with van der Waals surface area (Å²) in [5, 5.41) is 2.61. The molecule has 1 heterocycles. The zero-order valence-electron chi connectivity index (χ0n) is 13.6. The number of hydrogen-bond acceptors (Lipinski definition) is 5. The normalized spacial score (nSPS) is 10.9. The van der Waals surface area contributed by atoms with Crippen molar-refractivity contribution < 1.29 is 23.5 Å². The quantitative estimate of drug-likeness (QED) is 0.627. The van der Waals surface area contributed by atoms with Crippen LogP contribution in [0.4, 0.5) is 10.1 Å². The second kappa shape index (κ2) is 7.94. The van der Waals surface area contributed by atoms with Gasteiger partial charge in [0.25, 0.3) is 5.91 Å². The molecule has 0 fully saturated rings. The van der Waals surface area contributed by atoms with E-state index in [0.29, 0.717) is 11.4 Å². The molecule has 6 nitrogen and oxygen atoms in total. The first-order valence-corrected chi connectivity index (χ1v) is 7.68. The molecule has 25 heavy (non-hydrogen) atoms. The van der Waals surface area contributed by atoms with Crippen LogP contribution in [0.1, 0.15) is 13.8 Å². The zero-order valence-corrected chi connectivity index (χ0v) is 14.3. The van der Waals surface area contributed by atoms with Gasteiger partial charge in [-0.2, -0.15) is 0 Å². The number of carbonyl (C=O) groups is 2. The highest BCUT2D eigenvalue weighted by atomic mass is 35.5. The van der Waals surface area contributed by atoms with Crippen LogP contribution in [-0.4, -0.2) is 29.1 Å². The molecule has 8 heteroatoms. The number of nitrogens with zero attached hydrogens (tertiary/aromatic N) is 1. The highest BCUT2D eigenvalue weighted by Gasteiger charge is 2.32. The van der Waals surface area contributed by atoms with Gasteiger partial charge in [0.2, 0.25) is 0 Å². The monoisotopic (exact) mass is 366 g/mol. The van der Waals surface area contributed by atoms with Gasteiger partial charge in [-0.05, 0) is 50.2 Å². The summed E-state index contributed by atoms with van der Waals surface area (Å²) in [7, 11) is 0. The number of aromatic nitrogens is 1. The average Bonchev–Trinajstić information content (AvgIpc) is 2.56. The first-order valence-electron chi connectivity index (χ1n) is 7.30. The van der Waals surface area contributed by atoms with E-state index in [1.54, 1.807) is 12.1 Å². The third-order valence-electron chi connectivity index (χ3n) is 3.05. The summed E-state index contributed by atoms with van der Waals surface area (Å²) < 4.78 is 23.3.